The van der Waals surface area contributed by atoms with Gasteiger partial charge < -0.3 is 15.2 Å². The highest BCUT2D eigenvalue weighted by Gasteiger charge is 2.19. The average molecular weight is 325 g/mol. The number of ether oxygens (including phenoxy) is 1. The van der Waals surface area contributed by atoms with Gasteiger partial charge in [0.2, 0.25) is 5.91 Å². The molecule has 0 bridgehead atoms. The van der Waals surface area contributed by atoms with Crippen LogP contribution in [0.2, 0.25) is 0 Å². The number of hydrogen-bond donors (Lipinski definition) is 2. The smallest absolute Gasteiger partial charge is 0.307 e. The number of carbonyl (C=O) groups excluding carboxylic acids is 2. The van der Waals surface area contributed by atoms with Gasteiger partial charge in [0.25, 0.3) is 0 Å². The number of carboxylic acids is 1. The fourth-order valence-corrected chi connectivity index (χ4v) is 2.23. The molecule has 0 saturated heterocycles. The molecular weight excluding hydrogens is 306 g/mol. The molecule has 1 rings (SSSR count). The van der Waals surface area contributed by atoms with E-state index < -0.39 is 23.9 Å². The van der Waals surface area contributed by atoms with Gasteiger partial charge in [0, 0.05) is 11.3 Å². The summed E-state index contributed by atoms with van der Waals surface area (Å²) in [6.45, 7) is 0. The largest absolute Gasteiger partial charge is 0.481 e. The maximum Gasteiger partial charge on any atom is 0.307 e. The lowest BCUT2D eigenvalue weighted by Crippen LogP contribution is -2.30. The van der Waals surface area contributed by atoms with Crippen molar-refractivity contribution in [2.75, 3.05) is 13.4 Å². The molecular formula is C15H19NO5S. The van der Waals surface area contributed by atoms with Crippen LogP contribution in [0.25, 0.3) is 0 Å². The van der Waals surface area contributed by atoms with Crippen molar-refractivity contribution in [1.82, 2.24) is 5.32 Å². The summed E-state index contributed by atoms with van der Waals surface area (Å²) in [4.78, 5) is 34.9. The van der Waals surface area contributed by atoms with E-state index in [0.717, 1.165) is 10.5 Å². The monoisotopic (exact) mass is 325 g/mol. The number of amides is 1. The van der Waals surface area contributed by atoms with Crippen LogP contribution < -0.4 is 5.32 Å². The van der Waals surface area contributed by atoms with Crippen LogP contribution in [-0.2, 0) is 19.1 Å². The van der Waals surface area contributed by atoms with Crippen LogP contribution in [0.4, 0.5) is 0 Å². The third-order valence-corrected chi connectivity index (χ3v) is 3.76. The quantitative estimate of drug-likeness (QED) is 0.561. The predicted octanol–water partition coefficient (Wildman–Crippen LogP) is 1.99. The Morgan fingerprint density at radius 1 is 1.23 bits per heavy atom. The molecule has 0 spiro atoms. The van der Waals surface area contributed by atoms with E-state index in [0.29, 0.717) is 0 Å². The number of aliphatic carboxylic acids is 1. The van der Waals surface area contributed by atoms with Crippen molar-refractivity contribution in [1.29, 1.82) is 0 Å². The molecule has 0 fully saturated rings. The van der Waals surface area contributed by atoms with Crippen LogP contribution >= 0.6 is 11.8 Å². The minimum atomic E-state index is -1.04. The van der Waals surface area contributed by atoms with E-state index in [9.17, 15) is 14.4 Å². The molecule has 1 aromatic carbocycles. The van der Waals surface area contributed by atoms with Crippen molar-refractivity contribution >= 4 is 29.6 Å². The lowest BCUT2D eigenvalue weighted by atomic mass is 10.0. The van der Waals surface area contributed by atoms with Gasteiger partial charge in [0.05, 0.1) is 26.0 Å². The Bertz CT molecular complexity index is 529. The maximum absolute atomic E-state index is 11.8. The summed E-state index contributed by atoms with van der Waals surface area (Å²) in [5.74, 6) is -1.90. The molecule has 0 heterocycles. The predicted molar refractivity (Wildman–Crippen MR) is 82.6 cm³/mol. The van der Waals surface area contributed by atoms with Crippen LogP contribution in [0.3, 0.4) is 0 Å². The summed E-state index contributed by atoms with van der Waals surface area (Å²) >= 11 is 1.59. The van der Waals surface area contributed by atoms with E-state index in [1.165, 1.54) is 7.11 Å². The van der Waals surface area contributed by atoms with Gasteiger partial charge in [-0.3, -0.25) is 14.4 Å². The van der Waals surface area contributed by atoms with Gasteiger partial charge in [0.15, 0.2) is 0 Å². The van der Waals surface area contributed by atoms with Crippen molar-refractivity contribution in [2.24, 2.45) is 0 Å². The summed E-state index contributed by atoms with van der Waals surface area (Å²) in [5, 5.41) is 11.3. The topological polar surface area (TPSA) is 92.7 Å². The zero-order valence-corrected chi connectivity index (χ0v) is 13.3. The summed E-state index contributed by atoms with van der Waals surface area (Å²) in [7, 11) is 1.28. The number of nitrogens with one attached hydrogen (secondary N) is 1. The molecule has 120 valence electrons. The molecule has 0 aliphatic heterocycles. The second kappa shape index (κ2) is 9.09. The first-order valence-electron chi connectivity index (χ1n) is 6.68. The molecule has 1 aromatic rings. The van der Waals surface area contributed by atoms with Crippen LogP contribution in [0, 0.1) is 0 Å². The van der Waals surface area contributed by atoms with E-state index in [4.69, 9.17) is 5.11 Å². The number of methoxy groups -OCH3 is 1. The molecule has 22 heavy (non-hydrogen) atoms. The van der Waals surface area contributed by atoms with Crippen LogP contribution in [0.15, 0.2) is 29.2 Å². The average Bonchev–Trinajstić information content (AvgIpc) is 2.52. The fourth-order valence-electron chi connectivity index (χ4n) is 1.83. The Kier molecular flexibility index (Phi) is 7.45. The molecule has 2 N–H and O–H groups in total. The highest BCUT2D eigenvalue weighted by Crippen LogP contribution is 2.22. The van der Waals surface area contributed by atoms with Gasteiger partial charge in [-0.25, -0.2) is 0 Å². The Morgan fingerprint density at radius 2 is 1.86 bits per heavy atom. The molecule has 0 saturated carbocycles. The summed E-state index contributed by atoms with van der Waals surface area (Å²) in [6.07, 6.45) is 1.57. The number of thioether (sulfide) groups is 1. The fraction of sp³-hybridized carbons (Fsp3) is 0.400. The van der Waals surface area contributed by atoms with Crippen molar-refractivity contribution in [3.63, 3.8) is 0 Å². The Labute approximate surface area is 133 Å². The van der Waals surface area contributed by atoms with Gasteiger partial charge in [0.1, 0.15) is 0 Å². The molecule has 0 aliphatic carbocycles. The van der Waals surface area contributed by atoms with Crippen molar-refractivity contribution in [2.45, 2.75) is 30.2 Å². The Balaban J connectivity index is 2.80. The summed E-state index contributed by atoms with van der Waals surface area (Å²) in [5.41, 5.74) is 0.770. The molecule has 6 nitrogen and oxygen atoms in total. The highest BCUT2D eigenvalue weighted by atomic mass is 32.2. The Hall–Kier alpha value is -2.02. The lowest BCUT2D eigenvalue weighted by molar-refractivity contribution is -0.142. The van der Waals surface area contributed by atoms with Gasteiger partial charge in [-0.1, -0.05) is 12.1 Å². The minimum Gasteiger partial charge on any atom is -0.481 e. The number of benzene rings is 1. The first-order chi connectivity index (χ1) is 10.5. The van der Waals surface area contributed by atoms with Crippen molar-refractivity contribution in [3.8, 4) is 0 Å². The summed E-state index contributed by atoms with van der Waals surface area (Å²) < 4.78 is 4.64. The molecule has 7 heteroatoms. The second-order valence-corrected chi connectivity index (χ2v) is 5.45. The molecule has 0 aliphatic rings. The lowest BCUT2D eigenvalue weighted by Gasteiger charge is -2.18. The van der Waals surface area contributed by atoms with E-state index in [1.807, 2.05) is 30.5 Å². The van der Waals surface area contributed by atoms with E-state index in [1.54, 1.807) is 11.8 Å². The molecule has 1 atom stereocenters. The third-order valence-electron chi connectivity index (χ3n) is 3.02. The van der Waals surface area contributed by atoms with E-state index in [2.05, 4.69) is 10.1 Å². The van der Waals surface area contributed by atoms with Crippen molar-refractivity contribution in [3.05, 3.63) is 29.8 Å². The molecule has 0 radical (unpaired) electrons. The standard InChI is InChI=1S/C15H19NO5S/c1-21-15(20)9-12(16-13(17)7-8-14(18)19)10-3-5-11(22-2)6-4-10/h3-6,12H,7-9H2,1-2H3,(H,16,17)(H,18,19)/t12-/m1/s1. The SMILES string of the molecule is COC(=O)C[C@@H](NC(=O)CCC(=O)O)c1ccc(SC)cc1. The maximum atomic E-state index is 11.8. The van der Waals surface area contributed by atoms with Gasteiger partial charge in [-0.2, -0.15) is 0 Å². The zero-order valence-electron chi connectivity index (χ0n) is 12.5. The molecule has 1 amide bonds. The normalized spacial score (nSPS) is 11.5. The number of carbonyl (C=O) groups is 3. The molecule has 0 unspecified atom stereocenters. The highest BCUT2D eigenvalue weighted by molar-refractivity contribution is 7.98. The van der Waals surface area contributed by atoms with Crippen molar-refractivity contribution < 1.29 is 24.2 Å². The van der Waals surface area contributed by atoms with Gasteiger partial charge in [-0.15, -0.1) is 11.8 Å². The summed E-state index contributed by atoms with van der Waals surface area (Å²) in [6, 6.07) is 6.92. The number of esters is 1. The van der Waals surface area contributed by atoms with Crippen LogP contribution in [0.5, 0.6) is 0 Å². The molecule has 0 aromatic heterocycles. The van der Waals surface area contributed by atoms with E-state index >= 15 is 0 Å². The second-order valence-electron chi connectivity index (χ2n) is 4.57. The number of hydrogen-bond acceptors (Lipinski definition) is 5. The van der Waals surface area contributed by atoms with Crippen LogP contribution in [-0.4, -0.2) is 36.3 Å². The number of carboxylic acid groups (broad SMARTS) is 1. The van der Waals surface area contributed by atoms with Gasteiger partial charge in [-0.05, 0) is 24.0 Å². The number of rotatable bonds is 8. The first kappa shape index (κ1) is 18.0. The zero-order chi connectivity index (χ0) is 16.5. The Morgan fingerprint density at radius 3 is 2.36 bits per heavy atom. The minimum absolute atomic E-state index is 0.00603. The van der Waals surface area contributed by atoms with E-state index in [-0.39, 0.29) is 19.3 Å². The first-order valence-corrected chi connectivity index (χ1v) is 7.90. The third kappa shape index (κ3) is 6.17. The van der Waals surface area contributed by atoms with Gasteiger partial charge >= 0.3 is 11.9 Å². The van der Waals surface area contributed by atoms with Crippen LogP contribution in [0.1, 0.15) is 30.9 Å².